The van der Waals surface area contributed by atoms with Crippen LogP contribution in [0.3, 0.4) is 0 Å². The number of nitrogens with zero attached hydrogens (tertiary/aromatic N) is 1. The molecule has 0 aliphatic carbocycles. The predicted molar refractivity (Wildman–Crippen MR) is 79.3 cm³/mol. The van der Waals surface area contributed by atoms with Crippen LogP contribution in [0.25, 0.3) is 0 Å². The van der Waals surface area contributed by atoms with Gasteiger partial charge in [-0.2, -0.15) is 0 Å². The summed E-state index contributed by atoms with van der Waals surface area (Å²) in [5.74, 6) is 0.768. The Morgan fingerprint density at radius 1 is 1.16 bits per heavy atom. The Balaban J connectivity index is 2.32. The topological polar surface area (TPSA) is 33.7 Å². The van der Waals surface area contributed by atoms with E-state index >= 15 is 0 Å². The SMILES string of the molecule is CCCN1CCC(C(C)NC(C)C(OC)OC)CC1. The van der Waals surface area contributed by atoms with Crippen LogP contribution in [-0.2, 0) is 9.47 Å². The monoisotopic (exact) mass is 272 g/mol. The van der Waals surface area contributed by atoms with Gasteiger partial charge in [-0.25, -0.2) is 0 Å². The van der Waals surface area contributed by atoms with Crippen LogP contribution < -0.4 is 5.32 Å². The number of hydrogen-bond donors (Lipinski definition) is 1. The number of ether oxygens (including phenoxy) is 2. The zero-order chi connectivity index (χ0) is 14.3. The van der Waals surface area contributed by atoms with Gasteiger partial charge in [-0.05, 0) is 58.7 Å². The molecule has 0 saturated carbocycles. The number of methoxy groups -OCH3 is 2. The molecule has 0 bridgehead atoms. The number of nitrogens with one attached hydrogen (secondary N) is 1. The summed E-state index contributed by atoms with van der Waals surface area (Å²) in [7, 11) is 3.39. The Labute approximate surface area is 118 Å². The fourth-order valence-corrected chi connectivity index (χ4v) is 3.13. The van der Waals surface area contributed by atoms with E-state index in [1.54, 1.807) is 14.2 Å². The first-order valence-corrected chi connectivity index (χ1v) is 7.66. The van der Waals surface area contributed by atoms with Gasteiger partial charge in [-0.15, -0.1) is 0 Å². The van der Waals surface area contributed by atoms with Crippen molar-refractivity contribution in [1.29, 1.82) is 0 Å². The van der Waals surface area contributed by atoms with Crippen LogP contribution in [0.15, 0.2) is 0 Å². The molecule has 0 spiro atoms. The van der Waals surface area contributed by atoms with Crippen molar-refractivity contribution in [3.05, 3.63) is 0 Å². The first kappa shape index (κ1) is 16.9. The Bertz CT molecular complexity index is 226. The van der Waals surface area contributed by atoms with E-state index < -0.39 is 0 Å². The second-order valence-electron chi connectivity index (χ2n) is 5.76. The quantitative estimate of drug-likeness (QED) is 0.686. The molecule has 4 nitrogen and oxygen atoms in total. The predicted octanol–water partition coefficient (Wildman–Crippen LogP) is 2.09. The Hall–Kier alpha value is -0.160. The van der Waals surface area contributed by atoms with Crippen LogP contribution in [0.5, 0.6) is 0 Å². The van der Waals surface area contributed by atoms with Gasteiger partial charge in [-0.1, -0.05) is 6.92 Å². The normalized spacial score (nSPS) is 21.8. The van der Waals surface area contributed by atoms with E-state index in [0.717, 1.165) is 5.92 Å². The van der Waals surface area contributed by atoms with Crippen LogP contribution in [0.1, 0.15) is 40.0 Å². The van der Waals surface area contributed by atoms with Gasteiger partial charge in [0.05, 0.1) is 6.04 Å². The average molecular weight is 272 g/mol. The van der Waals surface area contributed by atoms with Gasteiger partial charge in [0.1, 0.15) is 0 Å². The molecule has 1 aliphatic rings. The largest absolute Gasteiger partial charge is 0.354 e. The lowest BCUT2D eigenvalue weighted by atomic mass is 9.90. The van der Waals surface area contributed by atoms with Crippen LogP contribution >= 0.6 is 0 Å². The maximum absolute atomic E-state index is 5.31. The number of rotatable bonds is 8. The molecule has 1 rings (SSSR count). The fraction of sp³-hybridized carbons (Fsp3) is 1.00. The first-order chi connectivity index (χ1) is 9.12. The molecule has 0 aromatic carbocycles. The maximum atomic E-state index is 5.31. The van der Waals surface area contributed by atoms with Gasteiger partial charge in [0.15, 0.2) is 6.29 Å². The van der Waals surface area contributed by atoms with E-state index in [1.165, 1.54) is 38.9 Å². The highest BCUT2D eigenvalue weighted by atomic mass is 16.7. The zero-order valence-electron chi connectivity index (χ0n) is 13.3. The van der Waals surface area contributed by atoms with Crippen molar-refractivity contribution in [2.24, 2.45) is 5.92 Å². The molecular formula is C15H32N2O2. The van der Waals surface area contributed by atoms with Crippen LogP contribution in [0, 0.1) is 5.92 Å². The maximum Gasteiger partial charge on any atom is 0.171 e. The van der Waals surface area contributed by atoms with Crippen molar-refractivity contribution in [1.82, 2.24) is 10.2 Å². The lowest BCUT2D eigenvalue weighted by Crippen LogP contribution is -2.49. The molecule has 19 heavy (non-hydrogen) atoms. The Morgan fingerprint density at radius 3 is 2.21 bits per heavy atom. The summed E-state index contributed by atoms with van der Waals surface area (Å²) >= 11 is 0. The fourth-order valence-electron chi connectivity index (χ4n) is 3.13. The van der Waals surface area contributed by atoms with E-state index in [9.17, 15) is 0 Å². The van der Waals surface area contributed by atoms with E-state index in [1.807, 2.05) is 0 Å². The molecule has 1 fully saturated rings. The van der Waals surface area contributed by atoms with Crippen molar-refractivity contribution in [3.8, 4) is 0 Å². The molecule has 1 N–H and O–H groups in total. The summed E-state index contributed by atoms with van der Waals surface area (Å²) in [5, 5.41) is 3.63. The summed E-state index contributed by atoms with van der Waals surface area (Å²) in [4.78, 5) is 2.58. The molecule has 1 heterocycles. The standard InChI is InChI=1S/C15H32N2O2/c1-6-9-17-10-7-14(8-11-17)12(2)16-13(3)15(18-4)19-5/h12-16H,6-11H2,1-5H3. The molecule has 0 radical (unpaired) electrons. The molecular weight excluding hydrogens is 240 g/mol. The van der Waals surface area contributed by atoms with Gasteiger partial charge >= 0.3 is 0 Å². The van der Waals surface area contributed by atoms with Crippen molar-refractivity contribution in [2.75, 3.05) is 33.9 Å². The molecule has 0 aromatic rings. The summed E-state index contributed by atoms with van der Waals surface area (Å²) in [6, 6.07) is 0.741. The minimum Gasteiger partial charge on any atom is -0.354 e. The lowest BCUT2D eigenvalue weighted by Gasteiger charge is -2.36. The number of hydrogen-bond acceptors (Lipinski definition) is 4. The average Bonchev–Trinajstić information content (AvgIpc) is 2.41. The molecule has 2 atom stereocenters. The van der Waals surface area contributed by atoms with E-state index in [0.29, 0.717) is 6.04 Å². The van der Waals surface area contributed by atoms with Crippen LogP contribution in [-0.4, -0.2) is 57.1 Å². The summed E-state index contributed by atoms with van der Waals surface area (Å²) in [6.07, 6.45) is 3.69. The smallest absolute Gasteiger partial charge is 0.171 e. The summed E-state index contributed by atoms with van der Waals surface area (Å²) < 4.78 is 10.6. The van der Waals surface area contributed by atoms with Gasteiger partial charge in [0.2, 0.25) is 0 Å². The third kappa shape index (κ3) is 5.38. The molecule has 114 valence electrons. The van der Waals surface area contributed by atoms with Crippen molar-refractivity contribution in [2.45, 2.75) is 58.4 Å². The minimum atomic E-state index is -0.164. The van der Waals surface area contributed by atoms with Gasteiger partial charge in [0.25, 0.3) is 0 Å². The highest BCUT2D eigenvalue weighted by Gasteiger charge is 2.26. The molecule has 2 unspecified atom stereocenters. The third-order valence-corrected chi connectivity index (χ3v) is 4.28. The van der Waals surface area contributed by atoms with Gasteiger partial charge in [-0.3, -0.25) is 0 Å². The molecule has 4 heteroatoms. The lowest BCUT2D eigenvalue weighted by molar-refractivity contribution is -0.121. The third-order valence-electron chi connectivity index (χ3n) is 4.28. The molecule has 1 aliphatic heterocycles. The second kappa shape index (κ2) is 8.90. The summed E-state index contributed by atoms with van der Waals surface area (Å²) in [5.41, 5.74) is 0. The first-order valence-electron chi connectivity index (χ1n) is 7.66. The van der Waals surface area contributed by atoms with Crippen molar-refractivity contribution < 1.29 is 9.47 Å². The van der Waals surface area contributed by atoms with E-state index in [2.05, 4.69) is 31.0 Å². The second-order valence-corrected chi connectivity index (χ2v) is 5.76. The van der Waals surface area contributed by atoms with Crippen LogP contribution in [0.2, 0.25) is 0 Å². The Morgan fingerprint density at radius 2 is 1.74 bits per heavy atom. The molecule has 0 aromatic heterocycles. The minimum absolute atomic E-state index is 0.164. The Kier molecular flexibility index (Phi) is 7.91. The number of likely N-dealkylation sites (tertiary alicyclic amines) is 1. The van der Waals surface area contributed by atoms with Crippen molar-refractivity contribution >= 4 is 0 Å². The van der Waals surface area contributed by atoms with Crippen molar-refractivity contribution in [3.63, 3.8) is 0 Å². The summed E-state index contributed by atoms with van der Waals surface area (Å²) in [6.45, 7) is 10.4. The highest BCUT2D eigenvalue weighted by Crippen LogP contribution is 2.21. The van der Waals surface area contributed by atoms with E-state index in [-0.39, 0.29) is 12.3 Å². The molecule has 0 amide bonds. The van der Waals surface area contributed by atoms with Crippen LogP contribution in [0.4, 0.5) is 0 Å². The highest BCUT2D eigenvalue weighted by molar-refractivity contribution is 4.81. The number of piperidine rings is 1. The zero-order valence-corrected chi connectivity index (χ0v) is 13.3. The molecule has 1 saturated heterocycles. The van der Waals surface area contributed by atoms with Gasteiger partial charge in [0, 0.05) is 20.3 Å². The van der Waals surface area contributed by atoms with E-state index in [4.69, 9.17) is 9.47 Å². The van der Waals surface area contributed by atoms with Gasteiger partial charge < -0.3 is 19.7 Å².